The van der Waals surface area contributed by atoms with Gasteiger partial charge in [-0.25, -0.2) is 9.78 Å². The normalized spacial score (nSPS) is 23.6. The molecule has 0 saturated heterocycles. The van der Waals surface area contributed by atoms with Crippen LogP contribution >= 0.6 is 11.8 Å². The maximum Gasteiger partial charge on any atom is 0.354 e. The largest absolute Gasteiger partial charge is 0.477 e. The number of hydrogen-bond donors (Lipinski definition) is 2. The highest BCUT2D eigenvalue weighted by molar-refractivity contribution is 7.99. The summed E-state index contributed by atoms with van der Waals surface area (Å²) in [5.41, 5.74) is 0.997. The molecule has 1 aliphatic rings. The van der Waals surface area contributed by atoms with E-state index in [2.05, 4.69) is 16.6 Å². The Morgan fingerprint density at radius 3 is 2.83 bits per heavy atom. The summed E-state index contributed by atoms with van der Waals surface area (Å²) in [6, 6.07) is 3.80. The highest BCUT2D eigenvalue weighted by atomic mass is 32.2. The summed E-state index contributed by atoms with van der Waals surface area (Å²) in [4.78, 5) is 14.6. The Morgan fingerprint density at radius 2 is 2.22 bits per heavy atom. The van der Waals surface area contributed by atoms with Gasteiger partial charge in [-0.1, -0.05) is 12.8 Å². The first-order valence-corrected chi connectivity index (χ1v) is 7.48. The molecule has 1 heterocycles. The van der Waals surface area contributed by atoms with E-state index in [-0.39, 0.29) is 5.69 Å². The smallest absolute Gasteiger partial charge is 0.354 e. The number of hydrogen-bond acceptors (Lipinski definition) is 4. The minimum absolute atomic E-state index is 0.0885. The molecule has 1 aromatic rings. The average Bonchev–Trinajstić information content (AvgIpc) is 2.40. The van der Waals surface area contributed by atoms with E-state index in [9.17, 15) is 4.79 Å². The highest BCUT2D eigenvalue weighted by Gasteiger charge is 2.24. The van der Waals surface area contributed by atoms with E-state index in [4.69, 9.17) is 5.11 Å². The summed E-state index contributed by atoms with van der Waals surface area (Å²) in [7, 11) is 0. The molecule has 2 N–H and O–H groups in total. The number of thioether (sulfide) groups is 1. The molecule has 0 aromatic carbocycles. The van der Waals surface area contributed by atoms with Gasteiger partial charge in [0.2, 0.25) is 0 Å². The molecule has 2 atom stereocenters. The number of aromatic carboxylic acids is 1. The molecular weight excluding hydrogens is 248 g/mol. The Labute approximate surface area is 111 Å². The minimum atomic E-state index is -0.985. The molecule has 0 spiro atoms. The van der Waals surface area contributed by atoms with Gasteiger partial charge in [0, 0.05) is 11.3 Å². The molecule has 1 fully saturated rings. The summed E-state index contributed by atoms with van der Waals surface area (Å²) in [6.07, 6.45) is 8.74. The lowest BCUT2D eigenvalue weighted by molar-refractivity contribution is 0.0690. The fraction of sp³-hybridized carbons (Fsp3) is 0.538. The maximum atomic E-state index is 10.7. The van der Waals surface area contributed by atoms with Gasteiger partial charge in [0.25, 0.3) is 0 Å². The number of carboxylic acids is 1. The van der Waals surface area contributed by atoms with Crippen molar-refractivity contribution in [3.05, 3.63) is 24.0 Å². The van der Waals surface area contributed by atoms with Gasteiger partial charge in [-0.15, -0.1) is 0 Å². The quantitative estimate of drug-likeness (QED) is 0.877. The van der Waals surface area contributed by atoms with Crippen LogP contribution in [0.1, 0.15) is 36.2 Å². The molecule has 18 heavy (non-hydrogen) atoms. The molecule has 0 bridgehead atoms. The molecule has 5 heteroatoms. The van der Waals surface area contributed by atoms with Gasteiger partial charge in [-0.05, 0) is 31.2 Å². The molecule has 0 amide bonds. The lowest BCUT2D eigenvalue weighted by atomic mass is 9.94. The molecule has 1 aliphatic carbocycles. The van der Waals surface area contributed by atoms with Crippen molar-refractivity contribution in [3.8, 4) is 0 Å². The number of anilines is 1. The van der Waals surface area contributed by atoms with Crippen molar-refractivity contribution in [1.29, 1.82) is 0 Å². The van der Waals surface area contributed by atoms with Crippen LogP contribution in [0, 0.1) is 0 Å². The standard InChI is InChI=1S/C13H18N2O2S/c1-18-12-5-3-2-4-10(12)15-9-6-7-11(13(16)17)14-8-9/h6-8,10,12,15H,2-5H2,1H3,(H,16,17). The molecule has 0 aliphatic heterocycles. The van der Waals surface area contributed by atoms with Crippen LogP contribution in [-0.2, 0) is 0 Å². The summed E-state index contributed by atoms with van der Waals surface area (Å²) in [5, 5.41) is 12.9. The number of pyridine rings is 1. The molecular formula is C13H18N2O2S. The molecule has 1 saturated carbocycles. The fourth-order valence-corrected chi connectivity index (χ4v) is 3.30. The third-order valence-electron chi connectivity index (χ3n) is 3.34. The van der Waals surface area contributed by atoms with Crippen molar-refractivity contribution in [1.82, 2.24) is 4.98 Å². The van der Waals surface area contributed by atoms with E-state index < -0.39 is 5.97 Å². The van der Waals surface area contributed by atoms with Crippen molar-refractivity contribution >= 4 is 23.4 Å². The van der Waals surface area contributed by atoms with Crippen molar-refractivity contribution in [2.45, 2.75) is 37.0 Å². The minimum Gasteiger partial charge on any atom is -0.477 e. The van der Waals surface area contributed by atoms with Gasteiger partial charge in [0.15, 0.2) is 0 Å². The third kappa shape index (κ3) is 3.16. The van der Waals surface area contributed by atoms with Gasteiger partial charge >= 0.3 is 5.97 Å². The maximum absolute atomic E-state index is 10.7. The van der Waals surface area contributed by atoms with Crippen molar-refractivity contribution in [2.75, 3.05) is 11.6 Å². The summed E-state index contributed by atoms with van der Waals surface area (Å²) in [6.45, 7) is 0. The Hall–Kier alpha value is -1.23. The van der Waals surface area contributed by atoms with Crippen LogP contribution in [0.2, 0.25) is 0 Å². The number of nitrogens with zero attached hydrogens (tertiary/aromatic N) is 1. The third-order valence-corrected chi connectivity index (χ3v) is 4.51. The van der Waals surface area contributed by atoms with Crippen LogP contribution in [-0.4, -0.2) is 33.6 Å². The number of carbonyl (C=O) groups is 1. The van der Waals surface area contributed by atoms with Gasteiger partial charge in [0.05, 0.1) is 11.9 Å². The van der Waals surface area contributed by atoms with Crippen LogP contribution in [0.15, 0.2) is 18.3 Å². The second-order valence-corrected chi connectivity index (χ2v) is 5.62. The molecule has 2 rings (SSSR count). The van der Waals surface area contributed by atoms with Crippen LogP contribution in [0.3, 0.4) is 0 Å². The van der Waals surface area contributed by atoms with E-state index in [1.165, 1.54) is 25.7 Å². The first-order valence-electron chi connectivity index (χ1n) is 6.19. The lowest BCUT2D eigenvalue weighted by Gasteiger charge is -2.31. The van der Waals surface area contributed by atoms with E-state index in [1.54, 1.807) is 18.3 Å². The molecule has 4 nitrogen and oxygen atoms in total. The second kappa shape index (κ2) is 6.09. The fourth-order valence-electron chi connectivity index (χ4n) is 2.36. The van der Waals surface area contributed by atoms with Crippen LogP contribution in [0.25, 0.3) is 0 Å². The molecule has 1 aromatic heterocycles. The Balaban J connectivity index is 2.01. The van der Waals surface area contributed by atoms with Gasteiger partial charge in [-0.2, -0.15) is 11.8 Å². The van der Waals surface area contributed by atoms with Crippen LogP contribution in [0.5, 0.6) is 0 Å². The zero-order chi connectivity index (χ0) is 13.0. The Bertz CT molecular complexity index is 408. The van der Waals surface area contributed by atoms with Gasteiger partial charge < -0.3 is 10.4 Å². The monoisotopic (exact) mass is 266 g/mol. The topological polar surface area (TPSA) is 62.2 Å². The van der Waals surface area contributed by atoms with Crippen molar-refractivity contribution < 1.29 is 9.90 Å². The highest BCUT2D eigenvalue weighted by Crippen LogP contribution is 2.29. The first-order chi connectivity index (χ1) is 8.70. The zero-order valence-electron chi connectivity index (χ0n) is 10.4. The number of carboxylic acid groups (broad SMARTS) is 1. The van der Waals surface area contributed by atoms with Crippen molar-refractivity contribution in [3.63, 3.8) is 0 Å². The van der Waals surface area contributed by atoms with E-state index in [0.29, 0.717) is 11.3 Å². The predicted molar refractivity (Wildman–Crippen MR) is 74.4 cm³/mol. The average molecular weight is 266 g/mol. The number of rotatable bonds is 4. The second-order valence-electron chi connectivity index (χ2n) is 4.55. The van der Waals surface area contributed by atoms with Crippen LogP contribution < -0.4 is 5.32 Å². The van der Waals surface area contributed by atoms with E-state index in [1.807, 2.05) is 11.8 Å². The Morgan fingerprint density at radius 1 is 1.44 bits per heavy atom. The first kappa shape index (κ1) is 13.2. The number of aromatic nitrogens is 1. The van der Waals surface area contributed by atoms with Gasteiger partial charge in [0.1, 0.15) is 5.69 Å². The predicted octanol–water partition coefficient (Wildman–Crippen LogP) is 2.87. The Kier molecular flexibility index (Phi) is 4.47. The molecule has 2 unspecified atom stereocenters. The van der Waals surface area contributed by atoms with Crippen molar-refractivity contribution in [2.24, 2.45) is 0 Å². The van der Waals surface area contributed by atoms with Gasteiger partial charge in [-0.3, -0.25) is 0 Å². The number of nitrogens with one attached hydrogen (secondary N) is 1. The van der Waals surface area contributed by atoms with E-state index in [0.717, 1.165) is 5.69 Å². The summed E-state index contributed by atoms with van der Waals surface area (Å²) >= 11 is 1.90. The SMILES string of the molecule is CSC1CCCCC1Nc1ccc(C(=O)O)nc1. The van der Waals surface area contributed by atoms with E-state index >= 15 is 0 Å². The van der Waals surface area contributed by atoms with Crippen LogP contribution in [0.4, 0.5) is 5.69 Å². The zero-order valence-corrected chi connectivity index (χ0v) is 11.2. The molecule has 0 radical (unpaired) electrons. The summed E-state index contributed by atoms with van der Waals surface area (Å²) < 4.78 is 0. The lowest BCUT2D eigenvalue weighted by Crippen LogP contribution is -2.34. The molecule has 98 valence electrons. The summed E-state index contributed by atoms with van der Waals surface area (Å²) in [5.74, 6) is -0.985.